The van der Waals surface area contributed by atoms with Crippen LogP contribution in [0.15, 0.2) is 48.6 Å². The zero-order chi connectivity index (χ0) is 57.8. The molecule has 0 saturated carbocycles. The molecule has 0 bridgehead atoms. The summed E-state index contributed by atoms with van der Waals surface area (Å²) < 4.78 is 5.49. The Bertz CT molecular complexity index is 1340. The highest BCUT2D eigenvalue weighted by Crippen LogP contribution is 2.18. The Morgan fingerprint density at radius 1 is 0.350 bits per heavy atom. The molecule has 0 radical (unpaired) electrons. The summed E-state index contributed by atoms with van der Waals surface area (Å²) in [5, 5.41) is 23.3. The van der Waals surface area contributed by atoms with Gasteiger partial charge in [0.25, 0.3) is 0 Å². The highest BCUT2D eigenvalue weighted by Gasteiger charge is 2.18. The molecule has 470 valence electrons. The van der Waals surface area contributed by atoms with Gasteiger partial charge in [-0.2, -0.15) is 0 Å². The topological polar surface area (TPSA) is 95.9 Å². The maximum atomic E-state index is 12.5. The van der Waals surface area contributed by atoms with Crippen LogP contribution in [-0.2, 0) is 14.3 Å². The van der Waals surface area contributed by atoms with Crippen LogP contribution < -0.4 is 5.32 Å². The zero-order valence-corrected chi connectivity index (χ0v) is 53.8. The van der Waals surface area contributed by atoms with Crippen LogP contribution in [-0.4, -0.2) is 47.4 Å². The predicted octanol–water partition coefficient (Wildman–Crippen LogP) is 23.3. The Morgan fingerprint density at radius 3 is 0.963 bits per heavy atom. The van der Waals surface area contributed by atoms with Crippen molar-refractivity contribution in [1.82, 2.24) is 5.32 Å². The summed E-state index contributed by atoms with van der Waals surface area (Å²) in [5.41, 5.74) is 0. The number of amides is 1. The smallest absolute Gasteiger partial charge is 0.305 e. The van der Waals surface area contributed by atoms with Crippen LogP contribution >= 0.6 is 0 Å². The summed E-state index contributed by atoms with van der Waals surface area (Å²) in [6.45, 7) is 4.92. The number of nitrogens with one attached hydrogen (secondary N) is 1. The molecule has 1 amide bonds. The van der Waals surface area contributed by atoms with Crippen LogP contribution in [0.3, 0.4) is 0 Å². The van der Waals surface area contributed by atoms with Gasteiger partial charge in [-0.15, -0.1) is 0 Å². The van der Waals surface area contributed by atoms with Gasteiger partial charge in [0.15, 0.2) is 0 Å². The van der Waals surface area contributed by atoms with E-state index >= 15 is 0 Å². The van der Waals surface area contributed by atoms with Gasteiger partial charge >= 0.3 is 5.97 Å². The largest absolute Gasteiger partial charge is 0.466 e. The Kier molecular flexibility index (Phi) is 67.4. The molecular weight excluding hydrogens is 983 g/mol. The Balaban J connectivity index is 3.46. The molecule has 2 atom stereocenters. The van der Waals surface area contributed by atoms with E-state index in [4.69, 9.17) is 4.74 Å². The van der Waals surface area contributed by atoms with Gasteiger partial charge in [0, 0.05) is 12.8 Å². The van der Waals surface area contributed by atoms with Gasteiger partial charge in [-0.05, 0) is 89.9 Å². The third-order valence-electron chi connectivity index (χ3n) is 16.6. The number of hydrogen-bond donors (Lipinski definition) is 3. The first-order valence-electron chi connectivity index (χ1n) is 35.9. The number of ether oxygens (including phenoxy) is 1. The van der Waals surface area contributed by atoms with E-state index in [0.29, 0.717) is 19.4 Å². The van der Waals surface area contributed by atoms with E-state index in [2.05, 4.69) is 55.6 Å². The van der Waals surface area contributed by atoms with Gasteiger partial charge in [0.1, 0.15) is 0 Å². The fourth-order valence-electron chi connectivity index (χ4n) is 11.1. The van der Waals surface area contributed by atoms with Gasteiger partial charge < -0.3 is 20.3 Å². The molecule has 80 heavy (non-hydrogen) atoms. The van der Waals surface area contributed by atoms with Crippen molar-refractivity contribution in [3.63, 3.8) is 0 Å². The lowest BCUT2D eigenvalue weighted by molar-refractivity contribution is -0.143. The maximum absolute atomic E-state index is 12.5. The molecule has 0 aliphatic heterocycles. The quantitative estimate of drug-likeness (QED) is 0.0320. The van der Waals surface area contributed by atoms with Crippen LogP contribution in [0.2, 0.25) is 0 Å². The molecule has 0 aliphatic rings. The number of aliphatic hydroxyl groups excluding tert-OH is 2. The van der Waals surface area contributed by atoms with Crippen LogP contribution in [0.1, 0.15) is 386 Å². The average molecular weight is 1120 g/mol. The minimum absolute atomic E-state index is 0.00146. The van der Waals surface area contributed by atoms with Crippen molar-refractivity contribution in [1.29, 1.82) is 0 Å². The average Bonchev–Trinajstić information content (AvgIpc) is 3.46. The number of aliphatic hydroxyl groups is 2. The molecule has 0 aromatic carbocycles. The number of hydrogen-bond acceptors (Lipinski definition) is 5. The van der Waals surface area contributed by atoms with Gasteiger partial charge in [0.05, 0.1) is 25.4 Å². The van der Waals surface area contributed by atoms with Gasteiger partial charge in [-0.1, -0.05) is 332 Å². The van der Waals surface area contributed by atoms with Gasteiger partial charge in [0.2, 0.25) is 5.91 Å². The first-order chi connectivity index (χ1) is 39.5. The zero-order valence-electron chi connectivity index (χ0n) is 53.8. The van der Waals surface area contributed by atoms with Crippen molar-refractivity contribution < 1.29 is 24.5 Å². The molecule has 0 rings (SSSR count). The second-order valence-corrected chi connectivity index (χ2v) is 24.6. The molecule has 0 spiro atoms. The minimum atomic E-state index is -0.851. The monoisotopic (exact) mass is 1120 g/mol. The third-order valence-corrected chi connectivity index (χ3v) is 16.6. The van der Waals surface area contributed by atoms with Crippen LogP contribution in [0.5, 0.6) is 0 Å². The van der Waals surface area contributed by atoms with Crippen LogP contribution in [0.4, 0.5) is 0 Å². The summed E-state index contributed by atoms with van der Waals surface area (Å²) >= 11 is 0. The molecule has 2 unspecified atom stereocenters. The molecule has 0 heterocycles. The van der Waals surface area contributed by atoms with Gasteiger partial charge in [-0.25, -0.2) is 0 Å². The number of allylic oxidation sites excluding steroid dienone is 7. The number of rotatable bonds is 67. The van der Waals surface area contributed by atoms with Crippen molar-refractivity contribution in [2.75, 3.05) is 13.2 Å². The maximum Gasteiger partial charge on any atom is 0.305 e. The van der Waals surface area contributed by atoms with E-state index in [1.807, 2.05) is 6.08 Å². The Labute approximate surface area is 499 Å². The van der Waals surface area contributed by atoms with E-state index in [9.17, 15) is 19.8 Å². The van der Waals surface area contributed by atoms with E-state index in [-0.39, 0.29) is 18.5 Å². The molecular formula is C74H139NO5. The second-order valence-electron chi connectivity index (χ2n) is 24.6. The number of esters is 1. The fraction of sp³-hybridized carbons (Fsp3) is 0.865. The number of unbranched alkanes of at least 4 members (excludes halogenated alkanes) is 50. The standard InChI is InChI=1S/C74H139NO5/c1-3-5-7-9-11-13-15-17-19-21-22-23-29-32-35-38-42-46-50-54-58-62-66-72(77)71(70-76)75-73(78)67-63-59-55-51-47-43-39-36-33-30-27-25-24-26-28-31-34-37-41-45-49-53-57-61-65-69-80-74(79)68-64-60-56-52-48-44-40-20-18-16-14-12-10-8-6-4-2/h20,25-28,40,62,66,71-72,76-77H,3-19,21-24,29-39,41-61,63-65,67-70H2,1-2H3,(H,75,78)/b27-25-,28-26-,40-20-,66-62+. The first-order valence-corrected chi connectivity index (χ1v) is 35.9. The molecule has 0 fully saturated rings. The third kappa shape index (κ3) is 65.0. The lowest BCUT2D eigenvalue weighted by atomic mass is 10.0. The van der Waals surface area contributed by atoms with E-state index in [0.717, 1.165) is 51.4 Å². The number of carbonyl (C=O) groups excluding carboxylic acids is 2. The fourth-order valence-corrected chi connectivity index (χ4v) is 11.1. The normalized spacial score (nSPS) is 12.8. The van der Waals surface area contributed by atoms with Crippen LogP contribution in [0, 0.1) is 0 Å². The van der Waals surface area contributed by atoms with Crippen molar-refractivity contribution in [2.24, 2.45) is 0 Å². The predicted molar refractivity (Wildman–Crippen MR) is 352 cm³/mol. The molecule has 3 N–H and O–H groups in total. The van der Waals surface area contributed by atoms with Crippen molar-refractivity contribution in [3.8, 4) is 0 Å². The molecule has 0 aromatic rings. The lowest BCUT2D eigenvalue weighted by Crippen LogP contribution is -2.45. The minimum Gasteiger partial charge on any atom is -0.466 e. The summed E-state index contributed by atoms with van der Waals surface area (Å²) in [6.07, 6.45) is 90.4. The Morgan fingerprint density at radius 2 is 0.625 bits per heavy atom. The summed E-state index contributed by atoms with van der Waals surface area (Å²) in [7, 11) is 0. The first kappa shape index (κ1) is 77.8. The van der Waals surface area contributed by atoms with E-state index < -0.39 is 12.1 Å². The summed E-state index contributed by atoms with van der Waals surface area (Å²) in [5.74, 6) is -0.0695. The van der Waals surface area contributed by atoms with E-state index in [1.165, 1.54) is 308 Å². The van der Waals surface area contributed by atoms with E-state index in [1.54, 1.807) is 6.08 Å². The van der Waals surface area contributed by atoms with Crippen molar-refractivity contribution >= 4 is 11.9 Å². The van der Waals surface area contributed by atoms with Crippen LogP contribution in [0.25, 0.3) is 0 Å². The summed E-state index contributed by atoms with van der Waals surface area (Å²) in [4.78, 5) is 24.6. The summed E-state index contributed by atoms with van der Waals surface area (Å²) in [6, 6.07) is -0.635. The molecule has 0 aliphatic carbocycles. The SMILES string of the molecule is CCCCCCCCC/C=C\CCCCCCCC(=O)OCCCCCCCCCCC/C=C\C/C=C\CCCCCCCCCCCC(=O)NC(CO)C(O)/C=C/CCCCCCCCCCCCCCCCCCCCCC. The second kappa shape index (κ2) is 69.3. The van der Waals surface area contributed by atoms with Gasteiger partial charge in [-0.3, -0.25) is 9.59 Å². The molecule has 6 heteroatoms. The Hall–Kier alpha value is -2.18. The van der Waals surface area contributed by atoms with Crippen molar-refractivity contribution in [2.45, 2.75) is 398 Å². The highest BCUT2D eigenvalue weighted by atomic mass is 16.5. The molecule has 6 nitrogen and oxygen atoms in total. The highest BCUT2D eigenvalue weighted by molar-refractivity contribution is 5.76. The molecule has 0 saturated heterocycles. The number of carbonyl (C=O) groups is 2. The lowest BCUT2D eigenvalue weighted by Gasteiger charge is -2.20. The molecule has 0 aromatic heterocycles. The van der Waals surface area contributed by atoms with Crippen molar-refractivity contribution in [3.05, 3.63) is 48.6 Å².